The Kier molecular flexibility index (Phi) is 5.81. The number of anilines is 1. The van der Waals surface area contributed by atoms with Crippen molar-refractivity contribution in [2.75, 3.05) is 11.4 Å². The number of aryl methyl sites for hydroxylation is 1. The van der Waals surface area contributed by atoms with Crippen molar-refractivity contribution in [3.05, 3.63) is 52.7 Å². The molecule has 0 radical (unpaired) electrons. The molecule has 1 aromatic heterocycles. The monoisotopic (exact) mass is 287 g/mol. The van der Waals surface area contributed by atoms with E-state index in [-0.39, 0.29) is 5.91 Å². The number of hydrogen-bond acceptors (Lipinski definition) is 2. The third-order valence-corrected chi connectivity index (χ3v) is 4.04. The average molecular weight is 287 g/mol. The molecule has 0 bridgehead atoms. The maximum atomic E-state index is 12.5. The molecule has 0 N–H and O–H groups in total. The molecule has 2 nitrogen and oxygen atoms in total. The summed E-state index contributed by atoms with van der Waals surface area (Å²) in [5, 5.41) is 4.18. The molecule has 0 saturated heterocycles. The lowest BCUT2D eigenvalue weighted by Gasteiger charge is -2.22. The second-order valence-corrected chi connectivity index (χ2v) is 5.65. The molecule has 0 atom stereocenters. The van der Waals surface area contributed by atoms with Crippen LogP contribution >= 0.6 is 11.3 Å². The molecule has 106 valence electrons. The number of unbranched alkanes of at least 4 members (excludes halogenated alkanes) is 1. The zero-order valence-electron chi connectivity index (χ0n) is 11.9. The van der Waals surface area contributed by atoms with E-state index < -0.39 is 0 Å². The first-order valence-corrected chi connectivity index (χ1v) is 8.12. The van der Waals surface area contributed by atoms with Crippen LogP contribution in [0.4, 0.5) is 5.69 Å². The Hall–Kier alpha value is -1.61. The highest BCUT2D eigenvalue weighted by Crippen LogP contribution is 2.17. The fraction of sp³-hybridized carbons (Fsp3) is 0.353. The summed E-state index contributed by atoms with van der Waals surface area (Å²) in [7, 11) is 0. The number of thiophene rings is 1. The number of benzene rings is 1. The van der Waals surface area contributed by atoms with E-state index in [1.807, 2.05) is 35.2 Å². The highest BCUT2D eigenvalue weighted by atomic mass is 32.1. The summed E-state index contributed by atoms with van der Waals surface area (Å²) in [4.78, 5) is 14.4. The number of carbonyl (C=O) groups excluding carboxylic acids is 1. The normalized spacial score (nSPS) is 10.4. The van der Waals surface area contributed by atoms with Crippen LogP contribution in [0, 0.1) is 0 Å². The van der Waals surface area contributed by atoms with E-state index in [4.69, 9.17) is 0 Å². The number of para-hydroxylation sites is 1. The molecule has 2 aromatic rings. The Balaban J connectivity index is 2.00. The predicted octanol–water partition coefficient (Wildman–Crippen LogP) is 4.51. The number of rotatable bonds is 7. The zero-order chi connectivity index (χ0) is 14.2. The number of hydrogen-bond donors (Lipinski definition) is 0. The van der Waals surface area contributed by atoms with Crippen LogP contribution in [0.5, 0.6) is 0 Å². The Labute approximate surface area is 125 Å². The van der Waals surface area contributed by atoms with Gasteiger partial charge in [-0.15, -0.1) is 0 Å². The van der Waals surface area contributed by atoms with Crippen molar-refractivity contribution in [2.24, 2.45) is 0 Å². The fourth-order valence-electron chi connectivity index (χ4n) is 2.14. The summed E-state index contributed by atoms with van der Waals surface area (Å²) in [6.07, 6.45) is 3.55. The van der Waals surface area contributed by atoms with E-state index >= 15 is 0 Å². The number of nitrogens with zero attached hydrogens (tertiary/aromatic N) is 1. The Morgan fingerprint density at radius 3 is 2.65 bits per heavy atom. The third kappa shape index (κ3) is 4.20. The average Bonchev–Trinajstić information content (AvgIpc) is 3.00. The quantitative estimate of drug-likeness (QED) is 0.733. The SMILES string of the molecule is CCCCN(C(=O)CCc1ccsc1)c1ccccc1. The van der Waals surface area contributed by atoms with Gasteiger partial charge in [-0.05, 0) is 47.4 Å². The van der Waals surface area contributed by atoms with Gasteiger partial charge in [0.1, 0.15) is 0 Å². The zero-order valence-corrected chi connectivity index (χ0v) is 12.7. The molecule has 1 heterocycles. The minimum atomic E-state index is 0.218. The first-order chi connectivity index (χ1) is 9.81. The summed E-state index contributed by atoms with van der Waals surface area (Å²) >= 11 is 1.69. The molecule has 2 rings (SSSR count). The smallest absolute Gasteiger partial charge is 0.227 e. The largest absolute Gasteiger partial charge is 0.312 e. The van der Waals surface area contributed by atoms with Crippen LogP contribution in [0.25, 0.3) is 0 Å². The van der Waals surface area contributed by atoms with Crippen LogP contribution in [-0.2, 0) is 11.2 Å². The molecule has 0 spiro atoms. The van der Waals surface area contributed by atoms with E-state index in [0.29, 0.717) is 6.42 Å². The molecule has 0 unspecified atom stereocenters. The van der Waals surface area contributed by atoms with Gasteiger partial charge in [-0.2, -0.15) is 11.3 Å². The van der Waals surface area contributed by atoms with E-state index in [1.165, 1.54) is 5.56 Å². The molecular formula is C17H21NOS. The van der Waals surface area contributed by atoms with Crippen LogP contribution in [0.3, 0.4) is 0 Å². The van der Waals surface area contributed by atoms with Gasteiger partial charge in [-0.1, -0.05) is 31.5 Å². The standard InChI is InChI=1S/C17H21NOS/c1-2-3-12-18(16-7-5-4-6-8-16)17(19)10-9-15-11-13-20-14-15/h4-8,11,13-14H,2-3,9-10,12H2,1H3. The van der Waals surface area contributed by atoms with Gasteiger partial charge in [-0.25, -0.2) is 0 Å². The third-order valence-electron chi connectivity index (χ3n) is 3.31. The maximum absolute atomic E-state index is 12.5. The number of carbonyl (C=O) groups is 1. The van der Waals surface area contributed by atoms with Crippen LogP contribution in [0.2, 0.25) is 0 Å². The summed E-state index contributed by atoms with van der Waals surface area (Å²) in [5.41, 5.74) is 2.27. The highest BCUT2D eigenvalue weighted by Gasteiger charge is 2.14. The lowest BCUT2D eigenvalue weighted by molar-refractivity contribution is -0.118. The lowest BCUT2D eigenvalue weighted by Crippen LogP contribution is -2.32. The van der Waals surface area contributed by atoms with Crippen molar-refractivity contribution >= 4 is 22.9 Å². The van der Waals surface area contributed by atoms with E-state index in [2.05, 4.69) is 23.8 Å². The Bertz CT molecular complexity index is 507. The van der Waals surface area contributed by atoms with Gasteiger partial charge in [-0.3, -0.25) is 4.79 Å². The molecule has 3 heteroatoms. The van der Waals surface area contributed by atoms with Crippen LogP contribution < -0.4 is 4.90 Å². The van der Waals surface area contributed by atoms with Crippen molar-refractivity contribution in [3.63, 3.8) is 0 Å². The summed E-state index contributed by atoms with van der Waals surface area (Å²) in [5.74, 6) is 0.218. The second kappa shape index (κ2) is 7.85. The van der Waals surface area contributed by atoms with E-state index in [0.717, 1.165) is 31.5 Å². The summed E-state index contributed by atoms with van der Waals surface area (Å²) in [6.45, 7) is 2.96. The van der Waals surface area contributed by atoms with Gasteiger partial charge < -0.3 is 4.90 Å². The Morgan fingerprint density at radius 1 is 1.20 bits per heavy atom. The van der Waals surface area contributed by atoms with Gasteiger partial charge >= 0.3 is 0 Å². The van der Waals surface area contributed by atoms with Gasteiger partial charge in [0.15, 0.2) is 0 Å². The number of amides is 1. The van der Waals surface area contributed by atoms with Crippen molar-refractivity contribution in [2.45, 2.75) is 32.6 Å². The summed E-state index contributed by atoms with van der Waals surface area (Å²) < 4.78 is 0. The summed E-state index contributed by atoms with van der Waals surface area (Å²) in [6, 6.07) is 12.1. The van der Waals surface area contributed by atoms with Gasteiger partial charge in [0, 0.05) is 18.7 Å². The van der Waals surface area contributed by atoms with Gasteiger partial charge in [0.2, 0.25) is 5.91 Å². The van der Waals surface area contributed by atoms with Crippen molar-refractivity contribution in [3.8, 4) is 0 Å². The lowest BCUT2D eigenvalue weighted by atomic mass is 10.1. The molecule has 1 aromatic carbocycles. The van der Waals surface area contributed by atoms with E-state index in [9.17, 15) is 4.79 Å². The minimum absolute atomic E-state index is 0.218. The maximum Gasteiger partial charge on any atom is 0.227 e. The molecule has 0 saturated carbocycles. The molecule has 1 amide bonds. The molecule has 0 aliphatic rings. The minimum Gasteiger partial charge on any atom is -0.312 e. The molecule has 20 heavy (non-hydrogen) atoms. The molecule has 0 aliphatic heterocycles. The fourth-order valence-corrected chi connectivity index (χ4v) is 2.85. The molecule has 0 aliphatic carbocycles. The first kappa shape index (κ1) is 14.8. The van der Waals surface area contributed by atoms with Crippen molar-refractivity contribution < 1.29 is 4.79 Å². The van der Waals surface area contributed by atoms with Crippen LogP contribution in [-0.4, -0.2) is 12.5 Å². The van der Waals surface area contributed by atoms with Crippen molar-refractivity contribution in [1.82, 2.24) is 0 Å². The van der Waals surface area contributed by atoms with Gasteiger partial charge in [0.25, 0.3) is 0 Å². The molecule has 0 fully saturated rings. The topological polar surface area (TPSA) is 20.3 Å². The second-order valence-electron chi connectivity index (χ2n) is 4.87. The predicted molar refractivity (Wildman–Crippen MR) is 86.3 cm³/mol. The van der Waals surface area contributed by atoms with E-state index in [1.54, 1.807) is 11.3 Å². The molecular weight excluding hydrogens is 266 g/mol. The van der Waals surface area contributed by atoms with Gasteiger partial charge in [0.05, 0.1) is 0 Å². The van der Waals surface area contributed by atoms with Crippen LogP contribution in [0.1, 0.15) is 31.7 Å². The Morgan fingerprint density at radius 2 is 2.00 bits per heavy atom. The van der Waals surface area contributed by atoms with Crippen molar-refractivity contribution in [1.29, 1.82) is 0 Å². The van der Waals surface area contributed by atoms with Crippen LogP contribution in [0.15, 0.2) is 47.2 Å². The first-order valence-electron chi connectivity index (χ1n) is 7.17. The highest BCUT2D eigenvalue weighted by molar-refractivity contribution is 7.07.